The van der Waals surface area contributed by atoms with E-state index in [4.69, 9.17) is 4.74 Å². The monoisotopic (exact) mass is 395 g/mol. The van der Waals surface area contributed by atoms with Gasteiger partial charge in [0.2, 0.25) is 0 Å². The average Bonchev–Trinajstić information content (AvgIpc) is 3.03. The quantitative estimate of drug-likeness (QED) is 0.337. The highest BCUT2D eigenvalue weighted by atomic mass is 16.6. The van der Waals surface area contributed by atoms with Crippen LogP contribution in [0.25, 0.3) is 10.9 Å². The number of para-hydroxylation sites is 1. The fourth-order valence-corrected chi connectivity index (χ4v) is 3.51. The van der Waals surface area contributed by atoms with Crippen LogP contribution in [0.3, 0.4) is 0 Å². The number of nitrogens with one attached hydrogen (secondary N) is 2. The van der Waals surface area contributed by atoms with Crippen molar-refractivity contribution in [1.82, 2.24) is 10.3 Å². The van der Waals surface area contributed by atoms with Gasteiger partial charge >= 0.3 is 5.97 Å². The lowest BCUT2D eigenvalue weighted by atomic mass is 9.94. The van der Waals surface area contributed by atoms with Crippen LogP contribution in [0.5, 0.6) is 0 Å². The lowest BCUT2D eigenvalue weighted by Crippen LogP contribution is -2.29. The fraction of sp³-hybridized carbons (Fsp3) is 0.318. The minimum absolute atomic E-state index is 0.0442. The molecule has 0 saturated heterocycles. The van der Waals surface area contributed by atoms with Crippen molar-refractivity contribution in [3.8, 4) is 0 Å². The van der Waals surface area contributed by atoms with Crippen molar-refractivity contribution in [1.29, 1.82) is 0 Å². The molecule has 1 atom stereocenters. The van der Waals surface area contributed by atoms with Gasteiger partial charge in [-0.3, -0.25) is 14.9 Å². The summed E-state index contributed by atoms with van der Waals surface area (Å²) in [4.78, 5) is 26.2. The number of rotatable bonds is 8. The van der Waals surface area contributed by atoms with Crippen LogP contribution in [0.15, 0.2) is 48.5 Å². The van der Waals surface area contributed by atoms with E-state index in [1.165, 1.54) is 12.1 Å². The molecule has 152 valence electrons. The molecule has 7 nitrogen and oxygen atoms in total. The predicted molar refractivity (Wildman–Crippen MR) is 112 cm³/mol. The van der Waals surface area contributed by atoms with Gasteiger partial charge in [-0.1, -0.05) is 30.3 Å². The maximum absolute atomic E-state index is 12.2. The first-order chi connectivity index (χ1) is 13.9. The minimum atomic E-state index is -0.410. The van der Waals surface area contributed by atoms with Crippen molar-refractivity contribution in [2.75, 3.05) is 6.61 Å². The molecule has 0 bridgehead atoms. The number of hydrogen-bond donors (Lipinski definition) is 2. The van der Waals surface area contributed by atoms with Crippen LogP contribution in [0.1, 0.15) is 43.6 Å². The molecule has 0 saturated carbocycles. The third-order valence-corrected chi connectivity index (χ3v) is 4.68. The summed E-state index contributed by atoms with van der Waals surface area (Å²) in [6, 6.07) is 14.3. The molecule has 1 heterocycles. The van der Waals surface area contributed by atoms with Crippen molar-refractivity contribution < 1.29 is 14.5 Å². The Bertz CT molecular complexity index is 1010. The number of aromatic amines is 1. The number of benzene rings is 2. The maximum Gasteiger partial charge on any atom is 0.311 e. The van der Waals surface area contributed by atoms with E-state index >= 15 is 0 Å². The smallest absolute Gasteiger partial charge is 0.311 e. The molecule has 29 heavy (non-hydrogen) atoms. The van der Waals surface area contributed by atoms with E-state index in [0.29, 0.717) is 6.61 Å². The van der Waals surface area contributed by atoms with Crippen molar-refractivity contribution in [2.24, 2.45) is 0 Å². The molecule has 0 radical (unpaired) electrons. The van der Waals surface area contributed by atoms with Gasteiger partial charge in [0.15, 0.2) is 0 Å². The predicted octanol–water partition coefficient (Wildman–Crippen LogP) is 4.27. The van der Waals surface area contributed by atoms with E-state index in [2.05, 4.69) is 10.3 Å². The van der Waals surface area contributed by atoms with Gasteiger partial charge in [0.05, 0.1) is 24.0 Å². The summed E-state index contributed by atoms with van der Waals surface area (Å²) in [7, 11) is 0. The summed E-state index contributed by atoms with van der Waals surface area (Å²) in [5.74, 6) is -0.299. The van der Waals surface area contributed by atoms with Crippen LogP contribution in [0.4, 0.5) is 5.69 Å². The lowest BCUT2D eigenvalue weighted by molar-refractivity contribution is -0.384. The third-order valence-electron chi connectivity index (χ3n) is 4.68. The van der Waals surface area contributed by atoms with Gasteiger partial charge in [0.1, 0.15) is 0 Å². The van der Waals surface area contributed by atoms with E-state index in [0.717, 1.165) is 27.7 Å². The standard InChI is InChI=1S/C22H25N3O4/c1-4-29-20(26)13-19-21(17-7-5-6-8-18(17)24-19)22(23-14(2)3)15-9-11-16(12-10-15)25(27)28/h5-12,14,22-24H,4,13H2,1-3H3. The molecule has 0 amide bonds. The highest BCUT2D eigenvalue weighted by molar-refractivity contribution is 5.87. The second-order valence-corrected chi connectivity index (χ2v) is 7.15. The molecule has 7 heteroatoms. The van der Waals surface area contributed by atoms with Crippen molar-refractivity contribution >= 4 is 22.6 Å². The molecule has 0 spiro atoms. The van der Waals surface area contributed by atoms with E-state index in [1.54, 1.807) is 19.1 Å². The Morgan fingerprint density at radius 2 is 1.86 bits per heavy atom. The van der Waals surface area contributed by atoms with Crippen LogP contribution >= 0.6 is 0 Å². The SMILES string of the molecule is CCOC(=O)Cc1[nH]c2ccccc2c1C(NC(C)C)c1ccc([N+](=O)[O-])cc1. The first-order valence-corrected chi connectivity index (χ1v) is 9.66. The Kier molecular flexibility index (Phi) is 6.29. The molecule has 3 aromatic rings. The largest absolute Gasteiger partial charge is 0.466 e. The van der Waals surface area contributed by atoms with E-state index in [1.807, 2.05) is 38.1 Å². The molecule has 1 unspecified atom stereocenters. The number of fused-ring (bicyclic) bond motifs is 1. The average molecular weight is 395 g/mol. The number of nitro groups is 1. The normalized spacial score (nSPS) is 12.3. The van der Waals surface area contributed by atoms with Gasteiger partial charge in [0, 0.05) is 40.3 Å². The number of hydrogen-bond acceptors (Lipinski definition) is 5. The molecular weight excluding hydrogens is 370 g/mol. The maximum atomic E-state index is 12.2. The Balaban J connectivity index is 2.13. The number of nitrogens with zero attached hydrogens (tertiary/aromatic N) is 1. The van der Waals surface area contributed by atoms with E-state index in [9.17, 15) is 14.9 Å². The van der Waals surface area contributed by atoms with Crippen LogP contribution < -0.4 is 5.32 Å². The highest BCUT2D eigenvalue weighted by Gasteiger charge is 2.25. The number of ether oxygens (including phenoxy) is 1. The Morgan fingerprint density at radius 1 is 1.17 bits per heavy atom. The highest BCUT2D eigenvalue weighted by Crippen LogP contribution is 2.34. The number of carbonyl (C=O) groups is 1. The molecule has 0 aliphatic rings. The Labute approximate surface area is 169 Å². The van der Waals surface area contributed by atoms with Crippen LogP contribution in [0.2, 0.25) is 0 Å². The lowest BCUT2D eigenvalue weighted by Gasteiger charge is -2.23. The fourth-order valence-electron chi connectivity index (χ4n) is 3.51. The second kappa shape index (κ2) is 8.87. The molecular formula is C22H25N3O4. The summed E-state index contributed by atoms with van der Waals surface area (Å²) < 4.78 is 5.15. The van der Waals surface area contributed by atoms with Gasteiger partial charge < -0.3 is 15.0 Å². The number of nitro benzene ring substituents is 1. The van der Waals surface area contributed by atoms with Gasteiger partial charge in [-0.15, -0.1) is 0 Å². The molecule has 0 aliphatic heterocycles. The van der Waals surface area contributed by atoms with Crippen LogP contribution in [0, 0.1) is 10.1 Å². The molecule has 0 fully saturated rings. The molecule has 1 aromatic heterocycles. The Hall–Kier alpha value is -3.19. The van der Waals surface area contributed by atoms with E-state index < -0.39 is 4.92 Å². The van der Waals surface area contributed by atoms with Gasteiger partial charge in [-0.05, 0) is 32.4 Å². The van der Waals surface area contributed by atoms with Gasteiger partial charge in [0.25, 0.3) is 5.69 Å². The third kappa shape index (κ3) is 4.63. The molecule has 2 aromatic carbocycles. The molecule has 0 aliphatic carbocycles. The van der Waals surface area contributed by atoms with Gasteiger partial charge in [-0.25, -0.2) is 0 Å². The van der Waals surface area contributed by atoms with Crippen LogP contribution in [-0.4, -0.2) is 28.5 Å². The second-order valence-electron chi connectivity index (χ2n) is 7.15. The topological polar surface area (TPSA) is 97.3 Å². The first-order valence-electron chi connectivity index (χ1n) is 9.66. The van der Waals surface area contributed by atoms with Crippen molar-refractivity contribution in [3.63, 3.8) is 0 Å². The summed E-state index contributed by atoms with van der Waals surface area (Å²) in [6.45, 7) is 6.19. The molecule has 3 rings (SSSR count). The number of non-ortho nitro benzene ring substituents is 1. The Morgan fingerprint density at radius 3 is 2.48 bits per heavy atom. The summed E-state index contributed by atoms with van der Waals surface area (Å²) in [5, 5.41) is 15.6. The minimum Gasteiger partial charge on any atom is -0.466 e. The zero-order chi connectivity index (χ0) is 21.0. The summed E-state index contributed by atoms with van der Waals surface area (Å²) in [5.41, 5.74) is 3.60. The van der Waals surface area contributed by atoms with Gasteiger partial charge in [-0.2, -0.15) is 0 Å². The number of carbonyl (C=O) groups excluding carboxylic acids is 1. The first kappa shape index (κ1) is 20.5. The zero-order valence-corrected chi connectivity index (χ0v) is 16.8. The number of H-pyrrole nitrogens is 1. The summed E-state index contributed by atoms with van der Waals surface area (Å²) >= 11 is 0. The van der Waals surface area contributed by atoms with Crippen molar-refractivity contribution in [3.05, 3.63) is 75.5 Å². The van der Waals surface area contributed by atoms with Crippen molar-refractivity contribution in [2.45, 2.75) is 39.3 Å². The van der Waals surface area contributed by atoms with E-state index in [-0.39, 0.29) is 30.2 Å². The zero-order valence-electron chi connectivity index (χ0n) is 16.8. The number of esters is 1. The number of aromatic nitrogens is 1. The van der Waals surface area contributed by atoms with Crippen LogP contribution in [-0.2, 0) is 16.0 Å². The molecule has 2 N–H and O–H groups in total. The summed E-state index contributed by atoms with van der Waals surface area (Å²) in [6.07, 6.45) is 0.126.